The highest BCUT2D eigenvalue weighted by atomic mass is 16.5. The Labute approximate surface area is 84.9 Å². The van der Waals surface area contributed by atoms with Crippen LogP contribution in [0.5, 0.6) is 5.75 Å². The maximum absolute atomic E-state index is 11.0. The molecular weight excluding hydrogens is 176 g/mol. The lowest BCUT2D eigenvalue weighted by molar-refractivity contribution is -0.122. The Morgan fingerprint density at radius 1 is 1.21 bits per heavy atom. The molecule has 0 bridgehead atoms. The third kappa shape index (κ3) is 2.87. The van der Waals surface area contributed by atoms with Gasteiger partial charge in [0.15, 0.2) is 11.9 Å². The predicted molar refractivity (Wildman–Crippen MR) is 56.7 cm³/mol. The normalized spacial score (nSPS) is 12.3. The summed E-state index contributed by atoms with van der Waals surface area (Å²) in [4.78, 5) is 11.0. The van der Waals surface area contributed by atoms with Crippen molar-refractivity contribution in [2.45, 2.75) is 33.8 Å². The Hall–Kier alpha value is -1.31. The molecule has 0 radical (unpaired) electrons. The standard InChI is InChI=1S/C12H16O2/c1-8-5-9(2)7-12(6-8)14-11(4)10(3)13/h5-7,11H,1-4H3. The molecule has 0 N–H and O–H groups in total. The van der Waals surface area contributed by atoms with Crippen molar-refractivity contribution in [2.75, 3.05) is 0 Å². The minimum absolute atomic E-state index is 0.0455. The average molecular weight is 192 g/mol. The molecule has 0 saturated carbocycles. The predicted octanol–water partition coefficient (Wildman–Crippen LogP) is 2.66. The molecule has 1 unspecified atom stereocenters. The molecule has 0 heterocycles. The van der Waals surface area contributed by atoms with Crippen molar-refractivity contribution in [3.05, 3.63) is 29.3 Å². The van der Waals surface area contributed by atoms with E-state index in [2.05, 4.69) is 6.07 Å². The quantitative estimate of drug-likeness (QED) is 0.736. The van der Waals surface area contributed by atoms with E-state index in [0.717, 1.165) is 16.9 Å². The van der Waals surface area contributed by atoms with Gasteiger partial charge in [-0.15, -0.1) is 0 Å². The fraction of sp³-hybridized carbons (Fsp3) is 0.417. The van der Waals surface area contributed by atoms with Gasteiger partial charge < -0.3 is 4.74 Å². The molecule has 1 aromatic carbocycles. The molecule has 1 rings (SSSR count). The van der Waals surface area contributed by atoms with Crippen LogP contribution in [0.3, 0.4) is 0 Å². The number of Topliss-reactive ketones (excluding diaryl/α,β-unsaturated/α-hetero) is 1. The van der Waals surface area contributed by atoms with Gasteiger partial charge in [-0.05, 0) is 51.0 Å². The lowest BCUT2D eigenvalue weighted by Crippen LogP contribution is -2.20. The van der Waals surface area contributed by atoms with E-state index in [1.807, 2.05) is 26.0 Å². The van der Waals surface area contributed by atoms with E-state index < -0.39 is 0 Å². The largest absolute Gasteiger partial charge is 0.483 e. The van der Waals surface area contributed by atoms with Gasteiger partial charge in [0.1, 0.15) is 5.75 Å². The molecule has 0 aliphatic heterocycles. The first-order valence-corrected chi connectivity index (χ1v) is 4.74. The molecule has 0 aliphatic carbocycles. The van der Waals surface area contributed by atoms with Crippen LogP contribution in [0, 0.1) is 13.8 Å². The maximum Gasteiger partial charge on any atom is 0.169 e. The highest BCUT2D eigenvalue weighted by Crippen LogP contribution is 2.17. The molecule has 1 atom stereocenters. The summed E-state index contributed by atoms with van der Waals surface area (Å²) < 4.78 is 5.49. The average Bonchev–Trinajstić information content (AvgIpc) is 2.01. The number of hydrogen-bond acceptors (Lipinski definition) is 2. The van der Waals surface area contributed by atoms with Gasteiger partial charge in [-0.25, -0.2) is 0 Å². The number of aryl methyl sites for hydroxylation is 2. The molecule has 0 saturated heterocycles. The van der Waals surface area contributed by atoms with Gasteiger partial charge in [-0.3, -0.25) is 4.79 Å². The zero-order chi connectivity index (χ0) is 10.7. The SMILES string of the molecule is CC(=O)C(C)Oc1cc(C)cc(C)c1. The molecule has 0 aliphatic rings. The van der Waals surface area contributed by atoms with Crippen LogP contribution in [0.1, 0.15) is 25.0 Å². The summed E-state index contributed by atoms with van der Waals surface area (Å²) in [5.74, 6) is 0.814. The summed E-state index contributed by atoms with van der Waals surface area (Å²) in [7, 11) is 0. The Morgan fingerprint density at radius 3 is 2.14 bits per heavy atom. The maximum atomic E-state index is 11.0. The van der Waals surface area contributed by atoms with E-state index in [0.29, 0.717) is 0 Å². The van der Waals surface area contributed by atoms with Crippen molar-refractivity contribution in [3.63, 3.8) is 0 Å². The molecule has 0 fully saturated rings. The highest BCUT2D eigenvalue weighted by Gasteiger charge is 2.09. The molecule has 14 heavy (non-hydrogen) atoms. The van der Waals surface area contributed by atoms with Gasteiger partial charge >= 0.3 is 0 Å². The van der Waals surface area contributed by atoms with Crippen molar-refractivity contribution < 1.29 is 9.53 Å². The minimum atomic E-state index is -0.365. The van der Waals surface area contributed by atoms with E-state index in [1.165, 1.54) is 6.92 Å². The third-order valence-corrected chi connectivity index (χ3v) is 2.08. The van der Waals surface area contributed by atoms with Gasteiger partial charge in [0.05, 0.1) is 0 Å². The van der Waals surface area contributed by atoms with Crippen LogP contribution >= 0.6 is 0 Å². The summed E-state index contributed by atoms with van der Waals surface area (Å²) in [6.07, 6.45) is -0.365. The number of hydrogen-bond donors (Lipinski definition) is 0. The zero-order valence-corrected chi connectivity index (χ0v) is 9.13. The Kier molecular flexibility index (Phi) is 3.28. The lowest BCUT2D eigenvalue weighted by Gasteiger charge is -2.12. The van der Waals surface area contributed by atoms with Crippen molar-refractivity contribution in [1.29, 1.82) is 0 Å². The first-order chi connectivity index (χ1) is 6.49. The summed E-state index contributed by atoms with van der Waals surface area (Å²) in [6, 6.07) is 5.95. The zero-order valence-electron chi connectivity index (χ0n) is 9.13. The minimum Gasteiger partial charge on any atom is -0.483 e. The molecule has 0 spiro atoms. The number of carbonyl (C=O) groups is 1. The number of ether oxygens (including phenoxy) is 1. The smallest absolute Gasteiger partial charge is 0.169 e. The highest BCUT2D eigenvalue weighted by molar-refractivity contribution is 5.80. The van der Waals surface area contributed by atoms with E-state index in [9.17, 15) is 4.79 Å². The molecule has 0 aromatic heterocycles. The Bertz CT molecular complexity index is 322. The monoisotopic (exact) mass is 192 g/mol. The lowest BCUT2D eigenvalue weighted by atomic mass is 10.1. The van der Waals surface area contributed by atoms with E-state index >= 15 is 0 Å². The van der Waals surface area contributed by atoms with Gasteiger partial charge in [0, 0.05) is 0 Å². The molecule has 0 amide bonds. The molecular formula is C12H16O2. The Morgan fingerprint density at radius 2 is 1.71 bits per heavy atom. The second-order valence-corrected chi connectivity index (χ2v) is 3.69. The first-order valence-electron chi connectivity index (χ1n) is 4.74. The van der Waals surface area contributed by atoms with E-state index in [4.69, 9.17) is 4.74 Å². The molecule has 2 heteroatoms. The van der Waals surface area contributed by atoms with Crippen LogP contribution in [-0.2, 0) is 4.79 Å². The van der Waals surface area contributed by atoms with Gasteiger partial charge in [0.25, 0.3) is 0 Å². The summed E-state index contributed by atoms with van der Waals surface area (Å²) in [5, 5.41) is 0. The van der Waals surface area contributed by atoms with Crippen molar-refractivity contribution in [1.82, 2.24) is 0 Å². The van der Waals surface area contributed by atoms with Crippen LogP contribution in [-0.4, -0.2) is 11.9 Å². The van der Waals surface area contributed by atoms with Gasteiger partial charge in [0.2, 0.25) is 0 Å². The van der Waals surface area contributed by atoms with E-state index in [1.54, 1.807) is 6.92 Å². The summed E-state index contributed by atoms with van der Waals surface area (Å²) in [6.45, 7) is 7.32. The van der Waals surface area contributed by atoms with Crippen molar-refractivity contribution in [3.8, 4) is 5.75 Å². The van der Waals surface area contributed by atoms with Crippen molar-refractivity contribution in [2.24, 2.45) is 0 Å². The second kappa shape index (κ2) is 4.27. The molecule has 2 nitrogen and oxygen atoms in total. The fourth-order valence-corrected chi connectivity index (χ4v) is 1.29. The van der Waals surface area contributed by atoms with Crippen LogP contribution in [0.15, 0.2) is 18.2 Å². The van der Waals surface area contributed by atoms with Crippen LogP contribution in [0.25, 0.3) is 0 Å². The summed E-state index contributed by atoms with van der Waals surface area (Å²) >= 11 is 0. The topological polar surface area (TPSA) is 26.3 Å². The number of benzene rings is 1. The molecule has 76 valence electrons. The Balaban J connectivity index is 2.81. The van der Waals surface area contributed by atoms with Crippen LogP contribution in [0.2, 0.25) is 0 Å². The van der Waals surface area contributed by atoms with Crippen molar-refractivity contribution >= 4 is 5.78 Å². The fourth-order valence-electron chi connectivity index (χ4n) is 1.29. The first kappa shape index (κ1) is 10.8. The number of carbonyl (C=O) groups excluding carboxylic acids is 1. The number of ketones is 1. The van der Waals surface area contributed by atoms with Crippen LogP contribution in [0.4, 0.5) is 0 Å². The van der Waals surface area contributed by atoms with Crippen LogP contribution < -0.4 is 4.74 Å². The second-order valence-electron chi connectivity index (χ2n) is 3.69. The van der Waals surface area contributed by atoms with Gasteiger partial charge in [-0.2, -0.15) is 0 Å². The van der Waals surface area contributed by atoms with E-state index in [-0.39, 0.29) is 11.9 Å². The number of rotatable bonds is 3. The summed E-state index contributed by atoms with van der Waals surface area (Å²) in [5.41, 5.74) is 2.30. The third-order valence-electron chi connectivity index (χ3n) is 2.08. The molecule has 1 aromatic rings. The van der Waals surface area contributed by atoms with Gasteiger partial charge in [-0.1, -0.05) is 6.07 Å².